The van der Waals surface area contributed by atoms with Gasteiger partial charge in [0, 0.05) is 49.5 Å². The van der Waals surface area contributed by atoms with Gasteiger partial charge in [-0.3, -0.25) is 9.69 Å². The molecular weight excluding hydrogens is 499 g/mol. The molecule has 2 aliphatic carbocycles. The number of hydrogen-bond acceptors (Lipinski definition) is 8. The number of amides is 1. The smallest absolute Gasteiger partial charge is 0.252 e. The van der Waals surface area contributed by atoms with E-state index in [9.17, 15) is 14.3 Å². The van der Waals surface area contributed by atoms with Crippen LogP contribution in [0.15, 0.2) is 42.6 Å². The summed E-state index contributed by atoms with van der Waals surface area (Å²) in [4.78, 5) is 25.8. The van der Waals surface area contributed by atoms with Crippen LogP contribution in [-0.4, -0.2) is 71.3 Å². The summed E-state index contributed by atoms with van der Waals surface area (Å²) in [6, 6.07) is 11.5. The number of aliphatic hydroxyl groups excluding tert-OH is 1. The van der Waals surface area contributed by atoms with E-state index in [2.05, 4.69) is 36.5 Å². The highest BCUT2D eigenvalue weighted by Crippen LogP contribution is 2.50. The topological polar surface area (TPSA) is 103 Å². The van der Waals surface area contributed by atoms with Crippen molar-refractivity contribution in [2.75, 3.05) is 49.5 Å². The summed E-state index contributed by atoms with van der Waals surface area (Å²) in [7, 11) is 0. The molecule has 7 rings (SSSR count). The molecule has 202 valence electrons. The number of nitrogens with one attached hydrogen (secondary N) is 2. The van der Waals surface area contributed by atoms with E-state index in [1.807, 2.05) is 24.3 Å². The van der Waals surface area contributed by atoms with Crippen LogP contribution in [0, 0.1) is 5.82 Å². The Kier molecular flexibility index (Phi) is 5.89. The highest BCUT2D eigenvalue weighted by Gasteiger charge is 2.52. The number of anilines is 3. The standard InChI is InChI=1S/C29H31FN6O3/c30-23-17-31-28(33-26(23)18-1-5-22-21(15-18)27(38)34-29(22)7-8-29)32-24-16-19(2-6-25(24)39-20-3-4-20)36-11-9-35(10-12-36)13-14-37/h1-2,5-6,15-17,20,37H,3-4,7-14H2,(H,34,38)(H,31,32,33). The highest BCUT2D eigenvalue weighted by molar-refractivity contribution is 6.01. The molecule has 3 heterocycles. The Morgan fingerprint density at radius 2 is 1.95 bits per heavy atom. The third-order valence-electron chi connectivity index (χ3n) is 8.08. The lowest BCUT2D eigenvalue weighted by atomic mass is 9.99. The lowest BCUT2D eigenvalue weighted by molar-refractivity contribution is 0.0952. The van der Waals surface area contributed by atoms with Crippen molar-refractivity contribution in [2.45, 2.75) is 37.3 Å². The number of fused-ring (bicyclic) bond motifs is 2. The molecule has 2 aromatic carbocycles. The molecular formula is C29H31FN6O3. The van der Waals surface area contributed by atoms with E-state index < -0.39 is 5.82 Å². The molecule has 0 radical (unpaired) electrons. The van der Waals surface area contributed by atoms with Gasteiger partial charge < -0.3 is 25.4 Å². The van der Waals surface area contributed by atoms with Gasteiger partial charge in [-0.2, -0.15) is 0 Å². The van der Waals surface area contributed by atoms with Gasteiger partial charge in [-0.25, -0.2) is 14.4 Å². The van der Waals surface area contributed by atoms with Crippen molar-refractivity contribution in [1.29, 1.82) is 0 Å². The van der Waals surface area contributed by atoms with E-state index >= 15 is 0 Å². The van der Waals surface area contributed by atoms with Gasteiger partial charge in [0.15, 0.2) is 5.82 Å². The summed E-state index contributed by atoms with van der Waals surface area (Å²) in [6.45, 7) is 4.33. The number of halogens is 1. The monoisotopic (exact) mass is 530 g/mol. The second-order valence-corrected chi connectivity index (χ2v) is 10.9. The highest BCUT2D eigenvalue weighted by atomic mass is 19.1. The maximum atomic E-state index is 15.0. The van der Waals surface area contributed by atoms with Gasteiger partial charge in [0.1, 0.15) is 11.4 Å². The van der Waals surface area contributed by atoms with Crippen LogP contribution >= 0.6 is 0 Å². The number of piperazine rings is 1. The second-order valence-electron chi connectivity index (χ2n) is 10.9. The second kappa shape index (κ2) is 9.46. The number of nitrogens with zero attached hydrogens (tertiary/aromatic N) is 4. The molecule has 9 nitrogen and oxygen atoms in total. The largest absolute Gasteiger partial charge is 0.488 e. The zero-order valence-corrected chi connectivity index (χ0v) is 21.6. The van der Waals surface area contributed by atoms with Gasteiger partial charge in [0.05, 0.1) is 30.1 Å². The van der Waals surface area contributed by atoms with Crippen LogP contribution < -0.4 is 20.3 Å². The first-order chi connectivity index (χ1) is 19.0. The summed E-state index contributed by atoms with van der Waals surface area (Å²) in [5.74, 6) is 0.288. The molecule has 3 fully saturated rings. The summed E-state index contributed by atoms with van der Waals surface area (Å²) in [6.07, 6.45) is 5.28. The maximum absolute atomic E-state index is 15.0. The Hall–Kier alpha value is -3.76. The van der Waals surface area contributed by atoms with Crippen molar-refractivity contribution in [3.8, 4) is 17.0 Å². The molecule has 3 aromatic rings. The maximum Gasteiger partial charge on any atom is 0.252 e. The van der Waals surface area contributed by atoms with Crippen LogP contribution in [0.4, 0.5) is 21.7 Å². The van der Waals surface area contributed by atoms with Crippen LogP contribution in [0.1, 0.15) is 41.6 Å². The van der Waals surface area contributed by atoms with E-state index in [4.69, 9.17) is 4.74 Å². The first-order valence-corrected chi connectivity index (χ1v) is 13.7. The molecule has 1 amide bonds. The molecule has 1 saturated heterocycles. The van der Waals surface area contributed by atoms with Gasteiger partial charge in [-0.1, -0.05) is 12.1 Å². The quantitative estimate of drug-likeness (QED) is 0.407. The number of benzene rings is 2. The molecule has 0 unspecified atom stereocenters. The average Bonchev–Trinajstić information content (AvgIpc) is 3.88. The molecule has 0 atom stereocenters. The minimum atomic E-state index is -0.552. The summed E-state index contributed by atoms with van der Waals surface area (Å²) in [5, 5.41) is 15.6. The summed E-state index contributed by atoms with van der Waals surface area (Å²) < 4.78 is 21.1. The van der Waals surface area contributed by atoms with Gasteiger partial charge in [-0.05, 0) is 55.5 Å². The summed E-state index contributed by atoms with van der Waals surface area (Å²) >= 11 is 0. The number of carbonyl (C=O) groups excluding carboxylic acids is 1. The molecule has 3 N–H and O–H groups in total. The first kappa shape index (κ1) is 24.3. The molecule has 4 aliphatic rings. The molecule has 10 heteroatoms. The Labute approximate surface area is 226 Å². The molecule has 39 heavy (non-hydrogen) atoms. The van der Waals surface area contributed by atoms with Crippen molar-refractivity contribution >= 4 is 23.2 Å². The molecule has 2 aliphatic heterocycles. The van der Waals surface area contributed by atoms with Crippen molar-refractivity contribution in [3.05, 3.63) is 59.5 Å². The predicted octanol–water partition coefficient (Wildman–Crippen LogP) is 3.41. The van der Waals surface area contributed by atoms with Crippen molar-refractivity contribution < 1.29 is 19.0 Å². The minimum absolute atomic E-state index is 0.118. The molecule has 0 bridgehead atoms. The number of aromatic nitrogens is 2. The van der Waals surface area contributed by atoms with E-state index in [-0.39, 0.29) is 35.8 Å². The lowest BCUT2D eigenvalue weighted by Crippen LogP contribution is -2.47. The van der Waals surface area contributed by atoms with E-state index in [1.54, 1.807) is 6.07 Å². The van der Waals surface area contributed by atoms with Crippen molar-refractivity contribution in [1.82, 2.24) is 20.2 Å². The van der Waals surface area contributed by atoms with Gasteiger partial charge in [0.25, 0.3) is 5.91 Å². The fourth-order valence-corrected chi connectivity index (χ4v) is 5.57. The third kappa shape index (κ3) is 4.68. The molecule has 1 aromatic heterocycles. The zero-order valence-electron chi connectivity index (χ0n) is 21.6. The van der Waals surface area contributed by atoms with Gasteiger partial charge >= 0.3 is 0 Å². The van der Waals surface area contributed by atoms with Gasteiger partial charge in [-0.15, -0.1) is 0 Å². The number of rotatable bonds is 8. The number of ether oxygens (including phenoxy) is 1. The predicted molar refractivity (Wildman–Crippen MR) is 145 cm³/mol. The fourth-order valence-electron chi connectivity index (χ4n) is 5.57. The lowest BCUT2D eigenvalue weighted by Gasteiger charge is -2.36. The van der Waals surface area contributed by atoms with Crippen LogP contribution in [0.3, 0.4) is 0 Å². The zero-order chi connectivity index (χ0) is 26.6. The van der Waals surface area contributed by atoms with Crippen LogP contribution in [0.25, 0.3) is 11.3 Å². The Morgan fingerprint density at radius 3 is 2.69 bits per heavy atom. The van der Waals surface area contributed by atoms with Crippen LogP contribution in [0.5, 0.6) is 5.75 Å². The summed E-state index contributed by atoms with van der Waals surface area (Å²) in [5.41, 5.74) is 3.79. The van der Waals surface area contributed by atoms with E-state index in [0.717, 1.165) is 75.0 Å². The fraction of sp³-hybridized carbons (Fsp3) is 0.414. The SMILES string of the molecule is O=C1NC2(CC2)c2ccc(-c3nc(Nc4cc(N5CCN(CCO)CC5)ccc4OC4CC4)ncc3F)cc21. The van der Waals surface area contributed by atoms with Gasteiger partial charge in [0.2, 0.25) is 5.95 Å². The number of hydrogen-bond donors (Lipinski definition) is 3. The number of aliphatic hydroxyl groups is 1. The average molecular weight is 531 g/mol. The number of β-amino-alcohol motifs (C(OH)–C–C–N with tert-alkyl or cyclic N) is 1. The van der Waals surface area contributed by atoms with E-state index in [0.29, 0.717) is 23.4 Å². The minimum Gasteiger partial charge on any atom is -0.488 e. The Balaban J connectivity index is 1.17. The van der Waals surface area contributed by atoms with Crippen molar-refractivity contribution in [3.63, 3.8) is 0 Å². The van der Waals surface area contributed by atoms with E-state index in [1.165, 1.54) is 0 Å². The number of carbonyl (C=O) groups is 1. The molecule has 1 spiro atoms. The van der Waals surface area contributed by atoms with Crippen LogP contribution in [0.2, 0.25) is 0 Å². The first-order valence-electron chi connectivity index (χ1n) is 13.7. The third-order valence-corrected chi connectivity index (χ3v) is 8.08. The van der Waals surface area contributed by atoms with Crippen molar-refractivity contribution in [2.24, 2.45) is 0 Å². The Morgan fingerprint density at radius 1 is 1.13 bits per heavy atom. The van der Waals surface area contributed by atoms with Crippen LogP contribution in [-0.2, 0) is 5.54 Å². The molecule has 2 saturated carbocycles. The Bertz CT molecular complexity index is 1430. The normalized spacial score (nSPS) is 19.6.